The van der Waals surface area contributed by atoms with Crippen LogP contribution in [0.15, 0.2) is 48.5 Å². The van der Waals surface area contributed by atoms with Gasteiger partial charge in [-0.05, 0) is 56.8 Å². The number of rotatable bonds is 6. The van der Waals surface area contributed by atoms with Crippen molar-refractivity contribution >= 4 is 66.7 Å². The van der Waals surface area contributed by atoms with Gasteiger partial charge in [0.05, 0.1) is 4.43 Å². The number of aliphatic carboxylic acids is 1. The average molecular weight is 456 g/mol. The molecule has 0 saturated heterocycles. The minimum atomic E-state index is -0.801. The molecule has 0 radical (unpaired) electrons. The number of alkyl halides is 1. The highest BCUT2D eigenvalue weighted by molar-refractivity contribution is 14.1. The third-order valence-corrected chi connectivity index (χ3v) is 5.69. The number of carbonyl (C=O) groups is 2. The molecule has 0 aliphatic rings. The zero-order chi connectivity index (χ0) is 18.3. The monoisotopic (exact) mass is 456 g/mol. The van der Waals surface area contributed by atoms with Crippen molar-refractivity contribution in [3.63, 3.8) is 0 Å². The maximum absolute atomic E-state index is 12.6. The molecule has 0 unspecified atom stereocenters. The van der Waals surface area contributed by atoms with E-state index in [1.807, 2.05) is 6.07 Å². The lowest BCUT2D eigenvalue weighted by atomic mass is 9.87. The average Bonchev–Trinajstić information content (AvgIpc) is 2.65. The third-order valence-electron chi connectivity index (χ3n) is 5.00. The summed E-state index contributed by atoms with van der Waals surface area (Å²) in [7, 11) is 0. The van der Waals surface area contributed by atoms with E-state index in [0.29, 0.717) is 17.3 Å². The lowest BCUT2D eigenvalue weighted by Crippen LogP contribution is -2.07. The summed E-state index contributed by atoms with van der Waals surface area (Å²) in [5, 5.41) is 15.9. The number of benzene rings is 4. The summed E-state index contributed by atoms with van der Waals surface area (Å²) in [6.07, 6.45) is 1.23. The number of ketones is 1. The Kier molecular flexibility index (Phi) is 4.53. The Balaban J connectivity index is 2.03. The van der Waals surface area contributed by atoms with Crippen molar-refractivity contribution in [2.24, 2.45) is 0 Å². The Labute approximate surface area is 164 Å². The molecule has 0 saturated carbocycles. The summed E-state index contributed by atoms with van der Waals surface area (Å²) < 4.78 is 0.414. The van der Waals surface area contributed by atoms with Crippen LogP contribution in [0.25, 0.3) is 32.3 Å². The molecule has 0 aliphatic carbocycles. The molecular formula is C22H17IO3. The number of aryl methyl sites for hydroxylation is 1. The Morgan fingerprint density at radius 1 is 0.923 bits per heavy atom. The molecule has 4 rings (SSSR count). The van der Waals surface area contributed by atoms with Crippen molar-refractivity contribution in [1.82, 2.24) is 0 Å². The predicted octanol–water partition coefficient (Wildman–Crippen LogP) is 5.61. The quantitative estimate of drug-likeness (QED) is 0.178. The van der Waals surface area contributed by atoms with Gasteiger partial charge in [0.2, 0.25) is 0 Å². The predicted molar refractivity (Wildman–Crippen MR) is 114 cm³/mol. The molecule has 0 amide bonds. The minimum Gasteiger partial charge on any atom is -0.481 e. The van der Waals surface area contributed by atoms with Gasteiger partial charge in [-0.1, -0.05) is 65.1 Å². The summed E-state index contributed by atoms with van der Waals surface area (Å²) in [5.74, 6) is -0.703. The Morgan fingerprint density at radius 3 is 2.31 bits per heavy atom. The molecule has 4 heteroatoms. The summed E-state index contributed by atoms with van der Waals surface area (Å²) in [6.45, 7) is 0. The molecular weight excluding hydrogens is 439 g/mol. The number of halogens is 1. The summed E-state index contributed by atoms with van der Waals surface area (Å²) in [4.78, 5) is 23.5. The second-order valence-electron chi connectivity index (χ2n) is 6.56. The Bertz CT molecular complexity index is 1130. The highest BCUT2D eigenvalue weighted by atomic mass is 127. The van der Waals surface area contributed by atoms with E-state index in [9.17, 15) is 9.59 Å². The molecule has 0 spiro atoms. The maximum Gasteiger partial charge on any atom is 0.303 e. The van der Waals surface area contributed by atoms with Gasteiger partial charge in [0.1, 0.15) is 0 Å². The Morgan fingerprint density at radius 2 is 1.62 bits per heavy atom. The van der Waals surface area contributed by atoms with Gasteiger partial charge in [-0.25, -0.2) is 0 Å². The van der Waals surface area contributed by atoms with Crippen molar-refractivity contribution in [3.05, 3.63) is 59.7 Å². The van der Waals surface area contributed by atoms with Gasteiger partial charge in [0, 0.05) is 12.0 Å². The topological polar surface area (TPSA) is 54.4 Å². The molecule has 130 valence electrons. The van der Waals surface area contributed by atoms with Gasteiger partial charge in [0.15, 0.2) is 5.78 Å². The SMILES string of the molecule is O=C(O)CCCc1c(C(=O)CI)cc2ccc3cccc4ccc1c2c34. The van der Waals surface area contributed by atoms with E-state index in [4.69, 9.17) is 5.11 Å². The van der Waals surface area contributed by atoms with Crippen LogP contribution in [0.4, 0.5) is 0 Å². The van der Waals surface area contributed by atoms with Crippen LogP contribution in [0, 0.1) is 0 Å². The number of hydrogen-bond acceptors (Lipinski definition) is 2. The smallest absolute Gasteiger partial charge is 0.303 e. The van der Waals surface area contributed by atoms with Crippen molar-refractivity contribution in [3.8, 4) is 0 Å². The molecule has 26 heavy (non-hydrogen) atoms. The first-order chi connectivity index (χ1) is 12.6. The number of hydrogen-bond donors (Lipinski definition) is 1. The fourth-order valence-corrected chi connectivity index (χ4v) is 4.29. The normalized spacial score (nSPS) is 11.6. The minimum absolute atomic E-state index is 0.0985. The van der Waals surface area contributed by atoms with Crippen LogP contribution >= 0.6 is 22.6 Å². The van der Waals surface area contributed by atoms with E-state index in [1.165, 1.54) is 21.5 Å². The number of carboxylic acid groups (broad SMARTS) is 1. The van der Waals surface area contributed by atoms with Gasteiger partial charge in [-0.15, -0.1) is 0 Å². The van der Waals surface area contributed by atoms with Gasteiger partial charge >= 0.3 is 5.97 Å². The van der Waals surface area contributed by atoms with Crippen LogP contribution in [-0.4, -0.2) is 21.3 Å². The lowest BCUT2D eigenvalue weighted by Gasteiger charge is -2.17. The summed E-state index contributed by atoms with van der Waals surface area (Å²) >= 11 is 2.09. The number of Topliss-reactive ketones (excluding diaryl/α,β-unsaturated/α-hetero) is 1. The van der Waals surface area contributed by atoms with Crippen LogP contribution < -0.4 is 0 Å². The first-order valence-electron chi connectivity index (χ1n) is 8.60. The molecule has 0 heterocycles. The van der Waals surface area contributed by atoms with Gasteiger partial charge < -0.3 is 5.11 Å². The highest BCUT2D eigenvalue weighted by Gasteiger charge is 2.18. The van der Waals surface area contributed by atoms with E-state index < -0.39 is 5.97 Å². The second kappa shape index (κ2) is 6.83. The van der Waals surface area contributed by atoms with Gasteiger partial charge in [-0.3, -0.25) is 9.59 Å². The molecule has 0 aliphatic heterocycles. The van der Waals surface area contributed by atoms with E-state index in [1.54, 1.807) is 0 Å². The first kappa shape index (κ1) is 17.2. The van der Waals surface area contributed by atoms with Crippen LogP contribution in [0.1, 0.15) is 28.8 Å². The molecule has 4 aromatic rings. The lowest BCUT2D eigenvalue weighted by molar-refractivity contribution is -0.137. The van der Waals surface area contributed by atoms with E-state index in [-0.39, 0.29) is 12.2 Å². The second-order valence-corrected chi connectivity index (χ2v) is 7.33. The summed E-state index contributed by atoms with van der Waals surface area (Å²) in [5.41, 5.74) is 1.72. The molecule has 1 N–H and O–H groups in total. The zero-order valence-corrected chi connectivity index (χ0v) is 16.2. The van der Waals surface area contributed by atoms with Crippen LogP contribution in [-0.2, 0) is 11.2 Å². The number of carbonyl (C=O) groups excluding carboxylic acids is 1. The van der Waals surface area contributed by atoms with Gasteiger partial charge in [0.25, 0.3) is 0 Å². The molecule has 0 aromatic heterocycles. The molecule has 0 atom stereocenters. The highest BCUT2D eigenvalue weighted by Crippen LogP contribution is 2.38. The van der Waals surface area contributed by atoms with Crippen molar-refractivity contribution in [1.29, 1.82) is 0 Å². The fraction of sp³-hybridized carbons (Fsp3) is 0.182. The standard InChI is InChI=1S/C22H17IO3/c23-12-19(24)18-11-15-8-7-13-3-1-4-14-9-10-17(22(15)21(13)14)16(18)5-2-6-20(25)26/h1,3-4,7-11H,2,5-6,12H2,(H,25,26). The van der Waals surface area contributed by atoms with Crippen molar-refractivity contribution in [2.75, 3.05) is 4.43 Å². The maximum atomic E-state index is 12.6. The zero-order valence-electron chi connectivity index (χ0n) is 14.1. The molecule has 4 aromatic carbocycles. The largest absolute Gasteiger partial charge is 0.481 e. The van der Waals surface area contributed by atoms with E-state index in [0.717, 1.165) is 21.9 Å². The fourth-order valence-electron chi connectivity index (χ4n) is 3.88. The van der Waals surface area contributed by atoms with Gasteiger partial charge in [-0.2, -0.15) is 0 Å². The van der Waals surface area contributed by atoms with Crippen molar-refractivity contribution < 1.29 is 14.7 Å². The van der Waals surface area contributed by atoms with E-state index >= 15 is 0 Å². The third kappa shape index (κ3) is 2.82. The van der Waals surface area contributed by atoms with Crippen LogP contribution in [0.5, 0.6) is 0 Å². The summed E-state index contributed by atoms with van der Waals surface area (Å²) in [6, 6.07) is 16.6. The molecule has 0 fully saturated rings. The first-order valence-corrected chi connectivity index (χ1v) is 10.1. The number of carboxylic acids is 1. The van der Waals surface area contributed by atoms with Crippen LogP contribution in [0.2, 0.25) is 0 Å². The molecule has 3 nitrogen and oxygen atoms in total. The van der Waals surface area contributed by atoms with E-state index in [2.05, 4.69) is 65.1 Å². The van der Waals surface area contributed by atoms with Crippen LogP contribution in [0.3, 0.4) is 0 Å². The Hall–Kier alpha value is -2.21. The molecule has 0 bridgehead atoms. The van der Waals surface area contributed by atoms with Crippen molar-refractivity contribution in [2.45, 2.75) is 19.3 Å².